The summed E-state index contributed by atoms with van der Waals surface area (Å²) < 4.78 is 2.01. The van der Waals surface area contributed by atoms with Gasteiger partial charge in [-0.15, -0.1) is 10.2 Å². The molecule has 0 atom stereocenters. The number of aromatic nitrogens is 3. The lowest BCUT2D eigenvalue weighted by Gasteiger charge is -2.12. The van der Waals surface area contributed by atoms with Gasteiger partial charge in [-0.1, -0.05) is 54.2 Å². The van der Waals surface area contributed by atoms with Crippen molar-refractivity contribution in [3.63, 3.8) is 0 Å². The van der Waals surface area contributed by atoms with Crippen LogP contribution >= 0.6 is 11.8 Å². The highest BCUT2D eigenvalue weighted by molar-refractivity contribution is 7.99. The molecule has 0 aliphatic carbocycles. The van der Waals surface area contributed by atoms with Crippen LogP contribution in [-0.4, -0.2) is 32.5 Å². The van der Waals surface area contributed by atoms with E-state index in [2.05, 4.69) is 34.6 Å². The Labute approximate surface area is 157 Å². The van der Waals surface area contributed by atoms with Crippen molar-refractivity contribution in [2.75, 3.05) is 5.75 Å². The smallest absolute Gasteiger partial charge is 0.230 e. The highest BCUT2D eigenvalue weighted by Crippen LogP contribution is 2.28. The van der Waals surface area contributed by atoms with Crippen molar-refractivity contribution in [1.82, 2.24) is 20.1 Å². The Hall–Kier alpha value is -2.60. The standard InChI is InChI=1S/C20H22N4OS/c1-14(2)21-18(25)13-26-20-23-22-19(16-9-5-4-6-10-16)24(20)17-11-7-8-15(3)12-17/h4-12,14H,13H2,1-3H3,(H,21,25). The van der Waals surface area contributed by atoms with Gasteiger partial charge in [-0.25, -0.2) is 0 Å². The van der Waals surface area contributed by atoms with E-state index in [0.29, 0.717) is 10.9 Å². The maximum Gasteiger partial charge on any atom is 0.230 e. The zero-order valence-electron chi connectivity index (χ0n) is 15.1. The van der Waals surface area contributed by atoms with Crippen LogP contribution in [0.15, 0.2) is 59.8 Å². The van der Waals surface area contributed by atoms with Gasteiger partial charge < -0.3 is 5.32 Å². The number of rotatable bonds is 6. The Bertz CT molecular complexity index is 890. The van der Waals surface area contributed by atoms with Crippen molar-refractivity contribution in [3.8, 4) is 17.1 Å². The van der Waals surface area contributed by atoms with Crippen LogP contribution in [-0.2, 0) is 4.79 Å². The Kier molecular flexibility index (Phi) is 5.73. The van der Waals surface area contributed by atoms with Crippen molar-refractivity contribution in [3.05, 3.63) is 60.2 Å². The van der Waals surface area contributed by atoms with Gasteiger partial charge in [-0.2, -0.15) is 0 Å². The van der Waals surface area contributed by atoms with Gasteiger partial charge in [0.2, 0.25) is 5.91 Å². The lowest BCUT2D eigenvalue weighted by molar-refractivity contribution is -0.119. The first-order valence-corrected chi connectivity index (χ1v) is 9.53. The number of thioether (sulfide) groups is 1. The Morgan fingerprint density at radius 3 is 2.58 bits per heavy atom. The SMILES string of the molecule is Cc1cccc(-n2c(SCC(=O)NC(C)C)nnc2-c2ccccc2)c1. The van der Waals surface area contributed by atoms with E-state index in [1.807, 2.05) is 60.9 Å². The molecule has 0 aliphatic heterocycles. The number of hydrogen-bond donors (Lipinski definition) is 1. The van der Waals surface area contributed by atoms with E-state index >= 15 is 0 Å². The summed E-state index contributed by atoms with van der Waals surface area (Å²) in [6.45, 7) is 5.95. The predicted molar refractivity (Wildman–Crippen MR) is 106 cm³/mol. The summed E-state index contributed by atoms with van der Waals surface area (Å²) in [7, 11) is 0. The number of amides is 1. The Balaban J connectivity index is 1.97. The first-order valence-electron chi connectivity index (χ1n) is 8.54. The molecule has 0 saturated heterocycles. The molecule has 0 aliphatic rings. The minimum atomic E-state index is -0.00921. The second-order valence-electron chi connectivity index (χ2n) is 6.36. The fourth-order valence-electron chi connectivity index (χ4n) is 2.63. The molecule has 1 N–H and O–H groups in total. The quantitative estimate of drug-likeness (QED) is 0.673. The van der Waals surface area contributed by atoms with Crippen LogP contribution < -0.4 is 5.32 Å². The molecular weight excluding hydrogens is 344 g/mol. The van der Waals surface area contributed by atoms with E-state index in [4.69, 9.17) is 0 Å². The minimum absolute atomic E-state index is 0.00921. The zero-order chi connectivity index (χ0) is 18.5. The predicted octanol–water partition coefficient (Wildman–Crippen LogP) is 3.86. The number of nitrogens with one attached hydrogen (secondary N) is 1. The van der Waals surface area contributed by atoms with E-state index in [9.17, 15) is 4.79 Å². The van der Waals surface area contributed by atoms with Crippen LogP contribution in [0.2, 0.25) is 0 Å². The van der Waals surface area contributed by atoms with Crippen molar-refractivity contribution < 1.29 is 4.79 Å². The molecule has 1 amide bonds. The molecule has 26 heavy (non-hydrogen) atoms. The summed E-state index contributed by atoms with van der Waals surface area (Å²) >= 11 is 1.39. The number of carbonyl (C=O) groups excluding carboxylic acids is 1. The minimum Gasteiger partial charge on any atom is -0.353 e. The molecule has 134 valence electrons. The molecule has 3 aromatic rings. The first kappa shape index (κ1) is 18.2. The van der Waals surface area contributed by atoms with Crippen LogP contribution in [0.1, 0.15) is 19.4 Å². The summed E-state index contributed by atoms with van der Waals surface area (Å²) in [5.74, 6) is 1.06. The number of carbonyl (C=O) groups is 1. The van der Waals surface area contributed by atoms with E-state index in [-0.39, 0.29) is 11.9 Å². The second kappa shape index (κ2) is 8.19. The van der Waals surface area contributed by atoms with Crippen molar-refractivity contribution >= 4 is 17.7 Å². The number of benzene rings is 2. The van der Waals surface area contributed by atoms with Gasteiger partial charge in [0.15, 0.2) is 11.0 Å². The summed E-state index contributed by atoms with van der Waals surface area (Å²) in [5, 5.41) is 12.3. The van der Waals surface area contributed by atoms with Crippen LogP contribution in [0, 0.1) is 6.92 Å². The van der Waals surface area contributed by atoms with Crippen LogP contribution in [0.25, 0.3) is 17.1 Å². The lowest BCUT2D eigenvalue weighted by Crippen LogP contribution is -2.31. The highest BCUT2D eigenvalue weighted by Gasteiger charge is 2.17. The summed E-state index contributed by atoms with van der Waals surface area (Å²) in [6.07, 6.45) is 0. The fourth-order valence-corrected chi connectivity index (χ4v) is 3.39. The molecule has 2 aromatic carbocycles. The topological polar surface area (TPSA) is 59.8 Å². The first-order chi connectivity index (χ1) is 12.5. The van der Waals surface area contributed by atoms with Gasteiger partial charge in [-0.3, -0.25) is 9.36 Å². The molecule has 6 heteroatoms. The number of hydrogen-bond acceptors (Lipinski definition) is 4. The third-order valence-electron chi connectivity index (χ3n) is 3.71. The van der Waals surface area contributed by atoms with E-state index in [0.717, 1.165) is 22.6 Å². The van der Waals surface area contributed by atoms with Gasteiger partial charge in [-0.05, 0) is 38.5 Å². The molecule has 1 heterocycles. The van der Waals surface area contributed by atoms with Gasteiger partial charge in [0, 0.05) is 17.3 Å². The molecule has 0 bridgehead atoms. The average Bonchev–Trinajstić information content (AvgIpc) is 3.04. The van der Waals surface area contributed by atoms with Gasteiger partial charge in [0.05, 0.1) is 5.75 Å². The Morgan fingerprint density at radius 1 is 1.12 bits per heavy atom. The van der Waals surface area contributed by atoms with Crippen LogP contribution in [0.5, 0.6) is 0 Å². The van der Waals surface area contributed by atoms with Gasteiger partial charge in [0.25, 0.3) is 0 Å². The molecule has 5 nitrogen and oxygen atoms in total. The summed E-state index contributed by atoms with van der Waals surface area (Å²) in [6, 6.07) is 18.3. The normalized spacial score (nSPS) is 10.9. The third kappa shape index (κ3) is 4.32. The monoisotopic (exact) mass is 366 g/mol. The Morgan fingerprint density at radius 2 is 1.88 bits per heavy atom. The molecule has 0 spiro atoms. The number of aryl methyl sites for hydroxylation is 1. The molecule has 0 saturated carbocycles. The number of nitrogens with zero attached hydrogens (tertiary/aromatic N) is 3. The van der Waals surface area contributed by atoms with E-state index in [1.165, 1.54) is 11.8 Å². The van der Waals surface area contributed by atoms with E-state index < -0.39 is 0 Å². The van der Waals surface area contributed by atoms with Gasteiger partial charge in [0.1, 0.15) is 0 Å². The molecule has 0 unspecified atom stereocenters. The molecule has 0 radical (unpaired) electrons. The highest BCUT2D eigenvalue weighted by atomic mass is 32.2. The molecule has 1 aromatic heterocycles. The van der Waals surface area contributed by atoms with Crippen LogP contribution in [0.4, 0.5) is 0 Å². The lowest BCUT2D eigenvalue weighted by atomic mass is 10.2. The van der Waals surface area contributed by atoms with Crippen LogP contribution in [0.3, 0.4) is 0 Å². The largest absolute Gasteiger partial charge is 0.353 e. The molecule has 0 fully saturated rings. The fraction of sp³-hybridized carbons (Fsp3) is 0.250. The second-order valence-corrected chi connectivity index (χ2v) is 7.30. The maximum absolute atomic E-state index is 12.0. The van der Waals surface area contributed by atoms with E-state index in [1.54, 1.807) is 0 Å². The molecule has 3 rings (SSSR count). The summed E-state index contributed by atoms with van der Waals surface area (Å²) in [5.41, 5.74) is 3.13. The third-order valence-corrected chi connectivity index (χ3v) is 4.64. The van der Waals surface area contributed by atoms with Crippen molar-refractivity contribution in [2.24, 2.45) is 0 Å². The maximum atomic E-state index is 12.0. The molecular formula is C20H22N4OS. The van der Waals surface area contributed by atoms with Crippen molar-refractivity contribution in [1.29, 1.82) is 0 Å². The zero-order valence-corrected chi connectivity index (χ0v) is 16.0. The van der Waals surface area contributed by atoms with Gasteiger partial charge >= 0.3 is 0 Å². The van der Waals surface area contributed by atoms with Crippen molar-refractivity contribution in [2.45, 2.75) is 32.0 Å². The average molecular weight is 366 g/mol. The summed E-state index contributed by atoms with van der Waals surface area (Å²) in [4.78, 5) is 12.0.